The number of nitrogen functional groups attached to an aromatic ring is 1. The van der Waals surface area contributed by atoms with Gasteiger partial charge in [-0.15, -0.1) is 0 Å². The van der Waals surface area contributed by atoms with Crippen LogP contribution in [0.25, 0.3) is 11.1 Å². The Hall–Kier alpha value is -3.44. The van der Waals surface area contributed by atoms with Crippen LogP contribution in [0.15, 0.2) is 72.8 Å². The van der Waals surface area contributed by atoms with Crippen molar-refractivity contribution in [3.05, 3.63) is 89.5 Å². The first-order chi connectivity index (χ1) is 13.0. The Labute approximate surface area is 157 Å². The highest BCUT2D eigenvalue weighted by molar-refractivity contribution is 5.94. The Morgan fingerprint density at radius 2 is 1.56 bits per heavy atom. The first kappa shape index (κ1) is 18.4. The zero-order chi connectivity index (χ0) is 19.2. The van der Waals surface area contributed by atoms with Gasteiger partial charge in [-0.3, -0.25) is 14.4 Å². The monoisotopic (exact) mass is 360 g/mol. The van der Waals surface area contributed by atoms with Crippen LogP contribution in [-0.4, -0.2) is 11.7 Å². The summed E-state index contributed by atoms with van der Waals surface area (Å²) in [5.74, 6) is -0.285. The highest BCUT2D eigenvalue weighted by Gasteiger charge is 2.08. The fraction of sp³-hybridized carbons (Fsp3) is 0.0909. The number of anilines is 1. The standard InChI is InChI=1S/C22H20N2O3/c1-15(25)16-7-9-17(10-8-16)19-11-12-21(23)20(13-19)14-27-24-22(26)18-5-3-2-4-6-18/h2-13H,14,23H2,1H3,(H,24,26). The highest BCUT2D eigenvalue weighted by Crippen LogP contribution is 2.25. The lowest BCUT2D eigenvalue weighted by Crippen LogP contribution is -2.23. The number of rotatable bonds is 6. The summed E-state index contributed by atoms with van der Waals surface area (Å²) >= 11 is 0. The molecule has 3 rings (SSSR count). The first-order valence-corrected chi connectivity index (χ1v) is 8.51. The van der Waals surface area contributed by atoms with Gasteiger partial charge in [-0.1, -0.05) is 48.5 Å². The molecule has 0 aromatic heterocycles. The number of hydroxylamine groups is 1. The second kappa shape index (κ2) is 8.29. The van der Waals surface area contributed by atoms with Gasteiger partial charge in [0.1, 0.15) is 6.61 Å². The molecule has 3 N–H and O–H groups in total. The molecule has 5 nitrogen and oxygen atoms in total. The van der Waals surface area contributed by atoms with Gasteiger partial charge < -0.3 is 5.73 Å². The Morgan fingerprint density at radius 3 is 2.22 bits per heavy atom. The quantitative estimate of drug-likeness (QED) is 0.395. The molecule has 27 heavy (non-hydrogen) atoms. The van der Waals surface area contributed by atoms with Crippen molar-refractivity contribution in [3.8, 4) is 11.1 Å². The summed E-state index contributed by atoms with van der Waals surface area (Å²) in [6.45, 7) is 1.68. The molecule has 0 bridgehead atoms. The van der Waals surface area contributed by atoms with Crippen LogP contribution in [0.3, 0.4) is 0 Å². The number of nitrogens with one attached hydrogen (secondary N) is 1. The molecular weight excluding hydrogens is 340 g/mol. The van der Waals surface area contributed by atoms with Crippen molar-refractivity contribution in [2.75, 3.05) is 5.73 Å². The van der Waals surface area contributed by atoms with E-state index in [-0.39, 0.29) is 18.3 Å². The number of nitrogens with two attached hydrogens (primary N) is 1. The molecule has 0 spiro atoms. The molecule has 0 aliphatic carbocycles. The maximum Gasteiger partial charge on any atom is 0.274 e. The van der Waals surface area contributed by atoms with Gasteiger partial charge in [0.15, 0.2) is 5.78 Å². The van der Waals surface area contributed by atoms with Crippen molar-refractivity contribution in [1.82, 2.24) is 5.48 Å². The van der Waals surface area contributed by atoms with Crippen LogP contribution in [0.1, 0.15) is 33.2 Å². The smallest absolute Gasteiger partial charge is 0.274 e. The van der Waals surface area contributed by atoms with E-state index in [1.54, 1.807) is 42.5 Å². The van der Waals surface area contributed by atoms with Gasteiger partial charge in [-0.2, -0.15) is 0 Å². The van der Waals surface area contributed by atoms with Crippen LogP contribution in [0.4, 0.5) is 5.69 Å². The molecule has 0 aliphatic rings. The van der Waals surface area contributed by atoms with Gasteiger partial charge in [-0.25, -0.2) is 5.48 Å². The fourth-order valence-electron chi connectivity index (χ4n) is 2.64. The Bertz CT molecular complexity index is 951. The van der Waals surface area contributed by atoms with E-state index >= 15 is 0 Å². The molecule has 1 amide bonds. The number of carbonyl (C=O) groups excluding carboxylic acids is 2. The zero-order valence-corrected chi connectivity index (χ0v) is 14.9. The van der Waals surface area contributed by atoms with Gasteiger partial charge in [0.25, 0.3) is 5.91 Å². The molecule has 0 radical (unpaired) electrons. The van der Waals surface area contributed by atoms with Crippen LogP contribution in [0.5, 0.6) is 0 Å². The topological polar surface area (TPSA) is 81.4 Å². The minimum Gasteiger partial charge on any atom is -0.398 e. The summed E-state index contributed by atoms with van der Waals surface area (Å²) in [6, 6.07) is 21.8. The van der Waals surface area contributed by atoms with Crippen molar-refractivity contribution >= 4 is 17.4 Å². The predicted molar refractivity (Wildman–Crippen MR) is 105 cm³/mol. The maximum absolute atomic E-state index is 12.0. The number of ketones is 1. The molecule has 0 saturated heterocycles. The number of Topliss-reactive ketones (excluding diaryl/α,β-unsaturated/α-hetero) is 1. The minimum atomic E-state index is -0.315. The second-order valence-corrected chi connectivity index (χ2v) is 6.13. The van der Waals surface area contributed by atoms with Gasteiger partial charge in [0.2, 0.25) is 0 Å². The molecule has 3 aromatic carbocycles. The molecule has 0 fully saturated rings. The van der Waals surface area contributed by atoms with Crippen molar-refractivity contribution in [2.45, 2.75) is 13.5 Å². The summed E-state index contributed by atoms with van der Waals surface area (Å²) in [4.78, 5) is 28.7. The van der Waals surface area contributed by atoms with Crippen LogP contribution in [0, 0.1) is 0 Å². The molecule has 136 valence electrons. The van der Waals surface area contributed by atoms with Crippen LogP contribution in [-0.2, 0) is 11.4 Å². The third-order valence-corrected chi connectivity index (χ3v) is 4.20. The van der Waals surface area contributed by atoms with Gasteiger partial charge in [0.05, 0.1) is 0 Å². The molecule has 0 unspecified atom stereocenters. The zero-order valence-electron chi connectivity index (χ0n) is 14.9. The second-order valence-electron chi connectivity index (χ2n) is 6.13. The maximum atomic E-state index is 12.0. The summed E-state index contributed by atoms with van der Waals surface area (Å²) in [5, 5.41) is 0. The van der Waals surface area contributed by atoms with Gasteiger partial charge in [0, 0.05) is 22.4 Å². The van der Waals surface area contributed by atoms with E-state index in [9.17, 15) is 9.59 Å². The molecular formula is C22H20N2O3. The van der Waals surface area contributed by atoms with E-state index < -0.39 is 0 Å². The number of carbonyl (C=O) groups is 2. The van der Waals surface area contributed by atoms with Crippen molar-refractivity contribution in [3.63, 3.8) is 0 Å². The third kappa shape index (κ3) is 4.59. The van der Waals surface area contributed by atoms with E-state index in [1.165, 1.54) is 6.92 Å². The van der Waals surface area contributed by atoms with Gasteiger partial charge >= 0.3 is 0 Å². The van der Waals surface area contributed by atoms with E-state index in [4.69, 9.17) is 10.6 Å². The largest absolute Gasteiger partial charge is 0.398 e. The summed E-state index contributed by atoms with van der Waals surface area (Å²) < 4.78 is 0. The number of hydrogen-bond acceptors (Lipinski definition) is 4. The van der Waals surface area contributed by atoms with Crippen LogP contribution < -0.4 is 11.2 Å². The lowest BCUT2D eigenvalue weighted by Gasteiger charge is -2.11. The summed E-state index contributed by atoms with van der Waals surface area (Å²) in [5.41, 5.74) is 12.9. The lowest BCUT2D eigenvalue weighted by molar-refractivity contribution is 0.0235. The summed E-state index contributed by atoms with van der Waals surface area (Å²) in [6.07, 6.45) is 0. The van der Waals surface area contributed by atoms with Crippen LogP contribution in [0.2, 0.25) is 0 Å². The number of amides is 1. The van der Waals surface area contributed by atoms with Crippen molar-refractivity contribution in [2.24, 2.45) is 0 Å². The molecule has 0 aliphatic heterocycles. The van der Waals surface area contributed by atoms with E-state index in [0.29, 0.717) is 16.8 Å². The Morgan fingerprint density at radius 1 is 0.889 bits per heavy atom. The SMILES string of the molecule is CC(=O)c1ccc(-c2ccc(N)c(CONC(=O)c3ccccc3)c2)cc1. The van der Waals surface area contributed by atoms with E-state index in [0.717, 1.165) is 16.7 Å². The molecule has 0 atom stereocenters. The molecule has 0 saturated carbocycles. The Kier molecular flexibility index (Phi) is 5.64. The lowest BCUT2D eigenvalue weighted by atomic mass is 10.0. The average molecular weight is 360 g/mol. The molecule has 0 heterocycles. The van der Waals surface area contributed by atoms with Crippen molar-refractivity contribution in [1.29, 1.82) is 0 Å². The van der Waals surface area contributed by atoms with Gasteiger partial charge in [-0.05, 0) is 42.3 Å². The highest BCUT2D eigenvalue weighted by atomic mass is 16.6. The third-order valence-electron chi connectivity index (χ3n) is 4.20. The molecule has 5 heteroatoms. The fourth-order valence-corrected chi connectivity index (χ4v) is 2.64. The minimum absolute atomic E-state index is 0.0297. The normalized spacial score (nSPS) is 10.4. The van der Waals surface area contributed by atoms with Crippen LogP contribution >= 0.6 is 0 Å². The van der Waals surface area contributed by atoms with Crippen molar-refractivity contribution < 1.29 is 14.4 Å². The number of benzene rings is 3. The molecule has 3 aromatic rings. The van der Waals surface area contributed by atoms with E-state index in [1.807, 2.05) is 30.3 Å². The Balaban J connectivity index is 1.68. The number of hydrogen-bond donors (Lipinski definition) is 2. The first-order valence-electron chi connectivity index (χ1n) is 8.51. The predicted octanol–water partition coefficient (Wildman–Crippen LogP) is 4.00. The summed E-state index contributed by atoms with van der Waals surface area (Å²) in [7, 11) is 0. The van der Waals surface area contributed by atoms with E-state index in [2.05, 4.69) is 5.48 Å². The average Bonchev–Trinajstić information content (AvgIpc) is 2.70.